The molecule has 2 aromatic rings. The zero-order valence-corrected chi connectivity index (χ0v) is 13.3. The quantitative estimate of drug-likeness (QED) is 0.939. The molecule has 5 nitrogen and oxygen atoms in total. The minimum atomic E-state index is -0.220. The number of rotatable bonds is 4. The van der Waals surface area contributed by atoms with Gasteiger partial charge in [-0.15, -0.1) is 0 Å². The molecule has 6 heteroatoms. The van der Waals surface area contributed by atoms with Crippen LogP contribution in [-0.4, -0.2) is 36.1 Å². The van der Waals surface area contributed by atoms with Gasteiger partial charge in [0.1, 0.15) is 5.82 Å². The number of piperazine rings is 1. The van der Waals surface area contributed by atoms with E-state index in [0.717, 1.165) is 50.4 Å². The lowest BCUT2D eigenvalue weighted by atomic mass is 10.2. The highest BCUT2D eigenvalue weighted by Gasteiger charge is 2.19. The molecule has 0 spiro atoms. The Morgan fingerprint density at radius 3 is 2.43 bits per heavy atom. The van der Waals surface area contributed by atoms with Crippen molar-refractivity contribution in [3.05, 3.63) is 52.2 Å². The van der Waals surface area contributed by atoms with Crippen LogP contribution in [0.25, 0.3) is 0 Å². The largest absolute Gasteiger partial charge is 0.368 e. The fourth-order valence-corrected chi connectivity index (χ4v) is 2.86. The minimum absolute atomic E-state index is 0.0978. The van der Waals surface area contributed by atoms with E-state index in [1.165, 1.54) is 12.1 Å². The van der Waals surface area contributed by atoms with Gasteiger partial charge in [-0.2, -0.15) is 0 Å². The molecule has 1 saturated heterocycles. The summed E-state index contributed by atoms with van der Waals surface area (Å²) in [4.78, 5) is 23.5. The molecule has 23 heavy (non-hydrogen) atoms. The molecule has 0 bridgehead atoms. The van der Waals surface area contributed by atoms with Crippen molar-refractivity contribution < 1.29 is 4.39 Å². The van der Waals surface area contributed by atoms with Crippen LogP contribution in [0.2, 0.25) is 0 Å². The molecule has 2 heterocycles. The van der Waals surface area contributed by atoms with Crippen molar-refractivity contribution in [2.24, 2.45) is 0 Å². The molecular weight excluding hydrogens is 295 g/mol. The molecule has 0 unspecified atom stereocenters. The molecule has 0 atom stereocenters. The molecular formula is C17H21FN4O. The second-order valence-electron chi connectivity index (χ2n) is 5.76. The van der Waals surface area contributed by atoms with Crippen LogP contribution >= 0.6 is 0 Å². The lowest BCUT2D eigenvalue weighted by Gasteiger charge is -2.36. The Hall–Kier alpha value is -2.37. The Bertz CT molecular complexity index is 705. The van der Waals surface area contributed by atoms with Gasteiger partial charge in [-0.1, -0.05) is 13.3 Å². The predicted octanol–water partition coefficient (Wildman–Crippen LogP) is 2.19. The maximum atomic E-state index is 13.0. The first kappa shape index (κ1) is 15.5. The van der Waals surface area contributed by atoms with E-state index in [0.29, 0.717) is 5.95 Å². The Kier molecular flexibility index (Phi) is 4.60. The molecule has 1 N–H and O–H groups in total. The fourth-order valence-electron chi connectivity index (χ4n) is 2.86. The maximum Gasteiger partial charge on any atom is 0.252 e. The standard InChI is InChI=1S/C17H21FN4O/c1-2-3-14-12-16(23)20-17(19-14)22-10-8-21(9-11-22)15-6-4-13(18)5-7-15/h4-7,12H,2-3,8-11H2,1H3,(H,19,20,23). The highest BCUT2D eigenvalue weighted by Crippen LogP contribution is 2.18. The van der Waals surface area contributed by atoms with Crippen LogP contribution in [0.4, 0.5) is 16.0 Å². The monoisotopic (exact) mass is 316 g/mol. The number of anilines is 2. The van der Waals surface area contributed by atoms with E-state index in [1.807, 2.05) is 0 Å². The number of H-pyrrole nitrogens is 1. The number of nitrogens with one attached hydrogen (secondary N) is 1. The van der Waals surface area contributed by atoms with E-state index in [4.69, 9.17) is 0 Å². The van der Waals surface area contributed by atoms with Gasteiger partial charge in [0.25, 0.3) is 5.56 Å². The van der Waals surface area contributed by atoms with Crippen molar-refractivity contribution >= 4 is 11.6 Å². The van der Waals surface area contributed by atoms with E-state index in [2.05, 4.69) is 26.7 Å². The highest BCUT2D eigenvalue weighted by molar-refractivity contribution is 5.48. The third-order valence-electron chi connectivity index (χ3n) is 4.06. The third-order valence-corrected chi connectivity index (χ3v) is 4.06. The van der Waals surface area contributed by atoms with E-state index >= 15 is 0 Å². The third kappa shape index (κ3) is 3.70. The average molecular weight is 316 g/mol. The maximum absolute atomic E-state index is 13.0. The van der Waals surface area contributed by atoms with Crippen molar-refractivity contribution in [2.75, 3.05) is 36.0 Å². The van der Waals surface area contributed by atoms with Gasteiger partial charge < -0.3 is 9.80 Å². The Balaban J connectivity index is 1.69. The summed E-state index contributed by atoms with van der Waals surface area (Å²) in [5, 5.41) is 0. The molecule has 1 fully saturated rings. The summed E-state index contributed by atoms with van der Waals surface area (Å²) in [5.74, 6) is 0.432. The van der Waals surface area contributed by atoms with Gasteiger partial charge in [-0.3, -0.25) is 9.78 Å². The van der Waals surface area contributed by atoms with E-state index in [9.17, 15) is 9.18 Å². The number of aromatic nitrogens is 2. The van der Waals surface area contributed by atoms with E-state index in [1.54, 1.807) is 18.2 Å². The van der Waals surface area contributed by atoms with Crippen molar-refractivity contribution in [3.63, 3.8) is 0 Å². The first-order chi connectivity index (χ1) is 11.2. The van der Waals surface area contributed by atoms with Gasteiger partial charge in [0.15, 0.2) is 0 Å². The molecule has 1 aromatic carbocycles. The summed E-state index contributed by atoms with van der Waals surface area (Å²) in [6.45, 7) is 5.25. The molecule has 122 valence electrons. The first-order valence-electron chi connectivity index (χ1n) is 8.01. The normalized spacial score (nSPS) is 15.0. The number of aryl methyl sites for hydroxylation is 1. The highest BCUT2D eigenvalue weighted by atomic mass is 19.1. The fraction of sp³-hybridized carbons (Fsp3) is 0.412. The summed E-state index contributed by atoms with van der Waals surface area (Å²) >= 11 is 0. The summed E-state index contributed by atoms with van der Waals surface area (Å²) in [6.07, 6.45) is 1.78. The van der Waals surface area contributed by atoms with Gasteiger partial charge >= 0.3 is 0 Å². The molecule has 1 aromatic heterocycles. The van der Waals surface area contributed by atoms with Crippen LogP contribution in [0.3, 0.4) is 0 Å². The number of aromatic amines is 1. The summed E-state index contributed by atoms with van der Waals surface area (Å²) in [5.41, 5.74) is 1.76. The van der Waals surface area contributed by atoms with E-state index in [-0.39, 0.29) is 11.4 Å². The van der Waals surface area contributed by atoms with E-state index < -0.39 is 0 Å². The topological polar surface area (TPSA) is 52.2 Å². The number of benzene rings is 1. The van der Waals surface area contributed by atoms with Gasteiger partial charge in [0, 0.05) is 43.6 Å². The van der Waals surface area contributed by atoms with Gasteiger partial charge in [-0.25, -0.2) is 9.37 Å². The minimum Gasteiger partial charge on any atom is -0.368 e. The van der Waals surface area contributed by atoms with Crippen LogP contribution in [-0.2, 0) is 6.42 Å². The van der Waals surface area contributed by atoms with Crippen LogP contribution in [0, 0.1) is 5.82 Å². The number of nitrogens with zero attached hydrogens (tertiary/aromatic N) is 3. The number of hydrogen-bond donors (Lipinski definition) is 1. The van der Waals surface area contributed by atoms with Crippen molar-refractivity contribution in [2.45, 2.75) is 19.8 Å². The second-order valence-corrected chi connectivity index (χ2v) is 5.76. The van der Waals surface area contributed by atoms with Crippen molar-refractivity contribution in [1.82, 2.24) is 9.97 Å². The summed E-state index contributed by atoms with van der Waals surface area (Å²) in [7, 11) is 0. The van der Waals surface area contributed by atoms with Crippen LogP contribution < -0.4 is 15.4 Å². The van der Waals surface area contributed by atoms with Gasteiger partial charge in [0.05, 0.1) is 0 Å². The van der Waals surface area contributed by atoms with Crippen LogP contribution in [0.15, 0.2) is 35.1 Å². The molecule has 1 aliphatic heterocycles. The smallest absolute Gasteiger partial charge is 0.252 e. The van der Waals surface area contributed by atoms with Gasteiger partial charge in [0.2, 0.25) is 5.95 Å². The Labute approximate surface area is 134 Å². The molecule has 0 amide bonds. The molecule has 0 aliphatic carbocycles. The summed E-state index contributed by atoms with van der Waals surface area (Å²) in [6, 6.07) is 8.13. The SMILES string of the molecule is CCCc1cc(=O)[nH]c(N2CCN(c3ccc(F)cc3)CC2)n1. The Morgan fingerprint density at radius 2 is 1.78 bits per heavy atom. The lowest BCUT2D eigenvalue weighted by Crippen LogP contribution is -2.47. The zero-order chi connectivity index (χ0) is 16.2. The van der Waals surface area contributed by atoms with Crippen molar-refractivity contribution in [3.8, 4) is 0 Å². The second kappa shape index (κ2) is 6.81. The molecule has 0 saturated carbocycles. The zero-order valence-electron chi connectivity index (χ0n) is 13.3. The molecule has 1 aliphatic rings. The number of halogens is 1. The Morgan fingerprint density at radius 1 is 1.13 bits per heavy atom. The van der Waals surface area contributed by atoms with Crippen molar-refractivity contribution in [1.29, 1.82) is 0 Å². The average Bonchev–Trinajstić information content (AvgIpc) is 2.55. The summed E-state index contributed by atoms with van der Waals surface area (Å²) < 4.78 is 13.0. The molecule has 0 radical (unpaired) electrons. The molecule has 3 rings (SSSR count). The van der Waals surface area contributed by atoms with Gasteiger partial charge in [-0.05, 0) is 30.7 Å². The predicted molar refractivity (Wildman–Crippen MR) is 89.7 cm³/mol. The first-order valence-corrected chi connectivity index (χ1v) is 8.01. The van der Waals surface area contributed by atoms with Crippen LogP contribution in [0.5, 0.6) is 0 Å². The van der Waals surface area contributed by atoms with Crippen LogP contribution in [0.1, 0.15) is 19.0 Å². The number of hydrogen-bond acceptors (Lipinski definition) is 4. The lowest BCUT2D eigenvalue weighted by molar-refractivity contribution is 0.622.